The Morgan fingerprint density at radius 2 is 2.00 bits per heavy atom. The van der Waals surface area contributed by atoms with Crippen molar-refractivity contribution in [1.29, 1.82) is 0 Å². The van der Waals surface area contributed by atoms with Gasteiger partial charge in [0.15, 0.2) is 0 Å². The number of methoxy groups -OCH3 is 1. The van der Waals surface area contributed by atoms with E-state index in [4.69, 9.17) is 9.72 Å². The molecule has 0 aliphatic heterocycles. The molecule has 0 aliphatic carbocycles. The Kier molecular flexibility index (Phi) is 4.77. The third-order valence-electron chi connectivity index (χ3n) is 3.47. The van der Waals surface area contributed by atoms with Crippen molar-refractivity contribution in [2.24, 2.45) is 0 Å². The van der Waals surface area contributed by atoms with Crippen LogP contribution in [0, 0.1) is 0 Å². The van der Waals surface area contributed by atoms with Crippen molar-refractivity contribution in [3.63, 3.8) is 0 Å². The number of aromatic nitrogens is 1. The molecule has 0 radical (unpaired) electrons. The highest BCUT2D eigenvalue weighted by atomic mass is 79.9. The first-order valence-electron chi connectivity index (χ1n) is 7.30. The number of pyridine rings is 1. The fraction of sp³-hybridized carbons (Fsp3) is 0.471. The summed E-state index contributed by atoms with van der Waals surface area (Å²) in [5.74, 6) is 1.82. The van der Waals surface area contributed by atoms with Crippen LogP contribution in [-0.2, 0) is 5.41 Å². The molecule has 0 atom stereocenters. The van der Waals surface area contributed by atoms with Gasteiger partial charge in [-0.1, -0.05) is 27.7 Å². The van der Waals surface area contributed by atoms with Gasteiger partial charge in [-0.3, -0.25) is 0 Å². The second-order valence-electron chi connectivity index (χ2n) is 6.21. The number of fused-ring (bicyclic) bond motifs is 1. The first kappa shape index (κ1) is 16.1. The van der Waals surface area contributed by atoms with E-state index in [0.717, 1.165) is 39.9 Å². The lowest BCUT2D eigenvalue weighted by Gasteiger charge is -2.24. The van der Waals surface area contributed by atoms with Crippen LogP contribution < -0.4 is 10.1 Å². The van der Waals surface area contributed by atoms with Crippen LogP contribution in [0.5, 0.6) is 5.75 Å². The zero-order valence-electron chi connectivity index (χ0n) is 13.4. The van der Waals surface area contributed by atoms with E-state index in [1.807, 2.05) is 12.1 Å². The Morgan fingerprint density at radius 3 is 2.57 bits per heavy atom. The summed E-state index contributed by atoms with van der Waals surface area (Å²) in [6.07, 6.45) is 1.07. The van der Waals surface area contributed by atoms with Crippen molar-refractivity contribution < 1.29 is 4.74 Å². The highest BCUT2D eigenvalue weighted by molar-refractivity contribution is 9.10. The summed E-state index contributed by atoms with van der Waals surface area (Å²) in [6.45, 7) is 9.69. The molecular formula is C17H23BrN2O. The Hall–Kier alpha value is -1.29. The molecule has 2 rings (SSSR count). The number of anilines is 1. The molecule has 3 nitrogen and oxygen atoms in total. The molecule has 0 spiro atoms. The van der Waals surface area contributed by atoms with Crippen molar-refractivity contribution in [3.8, 4) is 5.75 Å². The minimum atomic E-state index is 0.0184. The molecule has 0 saturated carbocycles. The van der Waals surface area contributed by atoms with E-state index in [1.165, 1.54) is 5.56 Å². The molecule has 0 fully saturated rings. The molecule has 0 aliphatic rings. The highest BCUT2D eigenvalue weighted by Crippen LogP contribution is 2.37. The Labute approximate surface area is 135 Å². The normalized spacial score (nSPS) is 11.7. The Balaban J connectivity index is 2.73. The molecular weight excluding hydrogens is 328 g/mol. The predicted octanol–water partition coefficient (Wildman–Crippen LogP) is 5.13. The average molecular weight is 351 g/mol. The van der Waals surface area contributed by atoms with Gasteiger partial charge in [-0.25, -0.2) is 4.98 Å². The maximum atomic E-state index is 5.49. The van der Waals surface area contributed by atoms with Crippen molar-refractivity contribution in [2.45, 2.75) is 39.5 Å². The van der Waals surface area contributed by atoms with E-state index < -0.39 is 0 Å². The summed E-state index contributed by atoms with van der Waals surface area (Å²) in [7, 11) is 1.70. The van der Waals surface area contributed by atoms with E-state index in [-0.39, 0.29) is 5.41 Å². The van der Waals surface area contributed by atoms with Gasteiger partial charge >= 0.3 is 0 Å². The molecule has 4 heteroatoms. The summed E-state index contributed by atoms with van der Waals surface area (Å²) >= 11 is 3.59. The summed E-state index contributed by atoms with van der Waals surface area (Å²) in [4.78, 5) is 4.85. The van der Waals surface area contributed by atoms with Crippen molar-refractivity contribution in [1.82, 2.24) is 4.98 Å². The van der Waals surface area contributed by atoms with E-state index in [0.29, 0.717) is 0 Å². The first-order valence-corrected chi connectivity index (χ1v) is 8.09. The topological polar surface area (TPSA) is 34.2 Å². The van der Waals surface area contributed by atoms with E-state index in [2.05, 4.69) is 55.0 Å². The molecule has 114 valence electrons. The number of ether oxygens (including phenoxy) is 1. The van der Waals surface area contributed by atoms with Crippen molar-refractivity contribution >= 4 is 32.7 Å². The minimum Gasteiger partial charge on any atom is -0.496 e. The minimum absolute atomic E-state index is 0.0184. The van der Waals surface area contributed by atoms with Crippen LogP contribution in [0.3, 0.4) is 0 Å². The van der Waals surface area contributed by atoms with Crippen LogP contribution in [0.4, 0.5) is 5.82 Å². The zero-order valence-corrected chi connectivity index (χ0v) is 15.0. The quantitative estimate of drug-likeness (QED) is 0.830. The lowest BCUT2D eigenvalue weighted by atomic mass is 9.86. The van der Waals surface area contributed by atoms with Crippen LogP contribution >= 0.6 is 15.9 Å². The third kappa shape index (κ3) is 3.31. The smallest absolute Gasteiger partial charge is 0.130 e. The maximum absolute atomic E-state index is 5.49. The van der Waals surface area contributed by atoms with Crippen LogP contribution in [-0.4, -0.2) is 18.6 Å². The molecule has 1 heterocycles. The molecule has 0 saturated heterocycles. The van der Waals surface area contributed by atoms with E-state index in [9.17, 15) is 0 Å². The monoisotopic (exact) mass is 350 g/mol. The fourth-order valence-corrected chi connectivity index (χ4v) is 2.76. The van der Waals surface area contributed by atoms with Crippen LogP contribution in [0.15, 0.2) is 22.7 Å². The molecule has 2 aromatic rings. The fourth-order valence-electron chi connectivity index (χ4n) is 2.33. The van der Waals surface area contributed by atoms with Gasteiger partial charge in [-0.15, -0.1) is 0 Å². The summed E-state index contributed by atoms with van der Waals surface area (Å²) in [6, 6.07) is 6.15. The van der Waals surface area contributed by atoms with Crippen LogP contribution in [0.2, 0.25) is 0 Å². The van der Waals surface area contributed by atoms with Gasteiger partial charge in [0.1, 0.15) is 11.6 Å². The number of hydrogen-bond acceptors (Lipinski definition) is 3. The number of nitrogens with one attached hydrogen (secondary N) is 1. The molecule has 0 unspecified atom stereocenters. The molecule has 0 amide bonds. The molecule has 1 aromatic carbocycles. The largest absolute Gasteiger partial charge is 0.496 e. The van der Waals surface area contributed by atoms with E-state index >= 15 is 0 Å². The molecule has 21 heavy (non-hydrogen) atoms. The predicted molar refractivity (Wildman–Crippen MR) is 93.5 cm³/mol. The molecule has 1 N–H and O–H groups in total. The summed E-state index contributed by atoms with van der Waals surface area (Å²) in [5.41, 5.74) is 2.16. The SMILES string of the molecule is CCCNc1nc2c(Br)ccc(OC)c2cc1C(C)(C)C. The van der Waals surface area contributed by atoms with Crippen molar-refractivity contribution in [3.05, 3.63) is 28.2 Å². The lowest BCUT2D eigenvalue weighted by molar-refractivity contribution is 0.419. The second-order valence-corrected chi connectivity index (χ2v) is 7.06. The second kappa shape index (κ2) is 6.22. The van der Waals surface area contributed by atoms with Gasteiger partial charge in [0.05, 0.1) is 12.6 Å². The zero-order chi connectivity index (χ0) is 15.6. The summed E-state index contributed by atoms with van der Waals surface area (Å²) < 4.78 is 6.47. The van der Waals surface area contributed by atoms with Gasteiger partial charge in [0, 0.05) is 22.0 Å². The lowest BCUT2D eigenvalue weighted by Crippen LogP contribution is -2.17. The molecule has 0 bridgehead atoms. The highest BCUT2D eigenvalue weighted by Gasteiger charge is 2.21. The van der Waals surface area contributed by atoms with E-state index in [1.54, 1.807) is 7.11 Å². The Morgan fingerprint density at radius 1 is 1.29 bits per heavy atom. The molecule has 1 aromatic heterocycles. The van der Waals surface area contributed by atoms with Gasteiger partial charge in [-0.2, -0.15) is 0 Å². The maximum Gasteiger partial charge on any atom is 0.130 e. The number of halogens is 1. The van der Waals surface area contributed by atoms with Gasteiger partial charge in [0.2, 0.25) is 0 Å². The van der Waals surface area contributed by atoms with Gasteiger partial charge < -0.3 is 10.1 Å². The van der Waals surface area contributed by atoms with Crippen LogP contribution in [0.1, 0.15) is 39.7 Å². The summed E-state index contributed by atoms with van der Waals surface area (Å²) in [5, 5.41) is 4.49. The van der Waals surface area contributed by atoms with Gasteiger partial charge in [0.25, 0.3) is 0 Å². The number of benzene rings is 1. The average Bonchev–Trinajstić information content (AvgIpc) is 2.44. The Bertz CT molecular complexity index is 647. The number of nitrogens with zero attached hydrogens (tertiary/aromatic N) is 1. The number of hydrogen-bond donors (Lipinski definition) is 1. The van der Waals surface area contributed by atoms with Gasteiger partial charge in [-0.05, 0) is 46.0 Å². The van der Waals surface area contributed by atoms with Crippen LogP contribution in [0.25, 0.3) is 10.9 Å². The first-order chi connectivity index (χ1) is 9.88. The number of rotatable bonds is 4. The third-order valence-corrected chi connectivity index (χ3v) is 4.11. The van der Waals surface area contributed by atoms with Crippen molar-refractivity contribution in [2.75, 3.05) is 19.0 Å². The standard InChI is InChI=1S/C17H23BrN2O/c1-6-9-19-16-12(17(2,3)4)10-11-14(21-5)8-7-13(18)15(11)20-16/h7-8,10H,6,9H2,1-5H3,(H,19,20).